The van der Waals surface area contributed by atoms with Crippen molar-refractivity contribution in [2.75, 3.05) is 5.32 Å². The molecule has 0 saturated carbocycles. The summed E-state index contributed by atoms with van der Waals surface area (Å²) in [6.07, 6.45) is 1.48. The molecule has 0 aliphatic rings. The van der Waals surface area contributed by atoms with Crippen molar-refractivity contribution in [2.45, 2.75) is 13.5 Å². The highest BCUT2D eigenvalue weighted by Gasteiger charge is 2.19. The molecule has 1 aromatic heterocycles. The fraction of sp³-hybridized carbons (Fsp3) is 0.107. The van der Waals surface area contributed by atoms with E-state index in [0.717, 1.165) is 5.56 Å². The number of nitrogens with zero attached hydrogens (tertiary/aromatic N) is 3. The summed E-state index contributed by atoms with van der Waals surface area (Å²) >= 11 is 0. The maximum absolute atomic E-state index is 13.0. The first-order chi connectivity index (χ1) is 17.0. The summed E-state index contributed by atoms with van der Waals surface area (Å²) in [5, 5.41) is 12.2. The molecule has 0 unspecified atom stereocenters. The number of nitrogens with one attached hydrogen (secondary N) is 1. The van der Waals surface area contributed by atoms with Gasteiger partial charge in [-0.3, -0.25) is 14.3 Å². The molecule has 0 radical (unpaired) electrons. The predicted octanol–water partition coefficient (Wildman–Crippen LogP) is 4.61. The van der Waals surface area contributed by atoms with Gasteiger partial charge in [-0.2, -0.15) is 5.26 Å². The number of carbonyl (C=O) groups is 1. The number of amides is 1. The number of carbonyl (C=O) groups excluding carboxylic acids is 1. The van der Waals surface area contributed by atoms with Crippen LogP contribution in [0.15, 0.2) is 95.3 Å². The molecular weight excluding hydrogens is 440 g/mol. The van der Waals surface area contributed by atoms with Gasteiger partial charge in [0, 0.05) is 7.05 Å². The normalized spacial score (nSPS) is 11.1. The monoisotopic (exact) mass is 464 g/mol. The van der Waals surface area contributed by atoms with Crippen LogP contribution in [0.4, 0.5) is 5.69 Å². The summed E-state index contributed by atoms with van der Waals surface area (Å²) in [4.78, 5) is 25.9. The minimum Gasteiger partial charge on any atom is -0.489 e. The summed E-state index contributed by atoms with van der Waals surface area (Å²) in [6.45, 7) is 2.18. The highest BCUT2D eigenvalue weighted by molar-refractivity contribution is 6.09. The Morgan fingerprint density at radius 3 is 2.26 bits per heavy atom. The van der Waals surface area contributed by atoms with Gasteiger partial charge < -0.3 is 10.1 Å². The van der Waals surface area contributed by atoms with Crippen LogP contribution in [0.5, 0.6) is 5.75 Å². The topological polar surface area (TPSA) is 89.1 Å². The smallest absolute Gasteiger partial charge is 0.295 e. The number of anilines is 1. The molecular formula is C28H24N4O3. The van der Waals surface area contributed by atoms with Gasteiger partial charge in [0.15, 0.2) is 0 Å². The molecule has 0 bridgehead atoms. The Morgan fingerprint density at radius 1 is 1.00 bits per heavy atom. The van der Waals surface area contributed by atoms with E-state index < -0.39 is 5.91 Å². The fourth-order valence-electron chi connectivity index (χ4n) is 3.61. The van der Waals surface area contributed by atoms with E-state index in [1.165, 1.54) is 10.8 Å². The molecule has 0 atom stereocenters. The lowest BCUT2D eigenvalue weighted by Gasteiger charge is -2.07. The van der Waals surface area contributed by atoms with Crippen molar-refractivity contribution in [3.63, 3.8) is 0 Å². The Kier molecular flexibility index (Phi) is 6.94. The summed E-state index contributed by atoms with van der Waals surface area (Å²) in [5.41, 5.74) is 2.61. The van der Waals surface area contributed by atoms with Gasteiger partial charge in [0.05, 0.1) is 11.4 Å². The highest BCUT2D eigenvalue weighted by Crippen LogP contribution is 2.18. The highest BCUT2D eigenvalue weighted by atomic mass is 16.5. The van der Waals surface area contributed by atoms with Gasteiger partial charge in [-0.05, 0) is 48.4 Å². The first-order valence-electron chi connectivity index (χ1n) is 11.0. The Bertz CT molecular complexity index is 1460. The average Bonchev–Trinajstić information content (AvgIpc) is 3.10. The molecule has 0 fully saturated rings. The van der Waals surface area contributed by atoms with E-state index in [0.29, 0.717) is 29.3 Å². The summed E-state index contributed by atoms with van der Waals surface area (Å²) in [7, 11) is 1.74. The van der Waals surface area contributed by atoms with Crippen LogP contribution in [0.2, 0.25) is 0 Å². The van der Waals surface area contributed by atoms with Crippen LogP contribution < -0.4 is 15.6 Å². The molecule has 1 heterocycles. The van der Waals surface area contributed by atoms with Gasteiger partial charge in [-0.15, -0.1) is 0 Å². The van der Waals surface area contributed by atoms with Crippen molar-refractivity contribution in [3.8, 4) is 17.5 Å². The lowest BCUT2D eigenvalue weighted by atomic mass is 10.1. The van der Waals surface area contributed by atoms with E-state index >= 15 is 0 Å². The molecule has 4 rings (SSSR count). The fourth-order valence-corrected chi connectivity index (χ4v) is 3.61. The molecule has 1 N–H and O–H groups in total. The first-order valence-corrected chi connectivity index (χ1v) is 11.0. The zero-order valence-electron chi connectivity index (χ0n) is 19.4. The van der Waals surface area contributed by atoms with Crippen molar-refractivity contribution >= 4 is 17.7 Å². The third kappa shape index (κ3) is 5.23. The summed E-state index contributed by atoms with van der Waals surface area (Å²) in [5.74, 6) is 0.0262. The van der Waals surface area contributed by atoms with E-state index in [-0.39, 0.29) is 16.8 Å². The molecule has 35 heavy (non-hydrogen) atoms. The second kappa shape index (κ2) is 10.4. The van der Waals surface area contributed by atoms with Crippen molar-refractivity contribution in [3.05, 3.63) is 118 Å². The number of para-hydroxylation sites is 1. The van der Waals surface area contributed by atoms with Gasteiger partial charge in [-0.1, -0.05) is 60.7 Å². The first kappa shape index (κ1) is 23.3. The number of hydrogen-bond acceptors (Lipinski definition) is 4. The second-order valence-electron chi connectivity index (χ2n) is 7.90. The minimum absolute atomic E-state index is 0.114. The largest absolute Gasteiger partial charge is 0.489 e. The van der Waals surface area contributed by atoms with Crippen LogP contribution in [0.25, 0.3) is 11.8 Å². The molecule has 0 spiro atoms. The number of benzene rings is 3. The second-order valence-corrected chi connectivity index (χ2v) is 7.90. The van der Waals surface area contributed by atoms with Crippen LogP contribution >= 0.6 is 0 Å². The average molecular weight is 465 g/mol. The molecule has 4 aromatic rings. The zero-order valence-corrected chi connectivity index (χ0v) is 19.4. The Hall–Kier alpha value is -4.83. The number of rotatable bonds is 7. The lowest BCUT2D eigenvalue weighted by Crippen LogP contribution is -2.23. The van der Waals surface area contributed by atoms with E-state index in [1.54, 1.807) is 55.1 Å². The van der Waals surface area contributed by atoms with Gasteiger partial charge in [-0.25, -0.2) is 4.68 Å². The number of aromatic nitrogens is 2. The standard InChI is InChI=1S/C28H24N4O3/c1-20-26(28(34)32(31(20)2)24-11-7-4-8-12-24)30-27(33)23(18-29)17-21-13-15-25(16-14-21)35-19-22-9-5-3-6-10-22/h3-17H,19H2,1-2H3,(H,30,33)/b23-17-. The van der Waals surface area contributed by atoms with Crippen molar-refractivity contribution in [2.24, 2.45) is 7.05 Å². The molecule has 0 aliphatic heterocycles. The van der Waals surface area contributed by atoms with Crippen LogP contribution in [0.1, 0.15) is 16.8 Å². The Labute approximate surface area is 203 Å². The molecule has 174 valence electrons. The third-order valence-corrected chi connectivity index (χ3v) is 5.60. The minimum atomic E-state index is -0.650. The third-order valence-electron chi connectivity index (χ3n) is 5.60. The molecule has 1 amide bonds. The van der Waals surface area contributed by atoms with Gasteiger partial charge in [0.25, 0.3) is 11.5 Å². The Morgan fingerprint density at radius 2 is 1.63 bits per heavy atom. The van der Waals surface area contributed by atoms with Gasteiger partial charge in [0.1, 0.15) is 29.7 Å². The van der Waals surface area contributed by atoms with Crippen molar-refractivity contribution in [1.82, 2.24) is 9.36 Å². The molecule has 0 saturated heterocycles. The number of hydrogen-bond donors (Lipinski definition) is 1. The van der Waals surface area contributed by atoms with Crippen LogP contribution in [0, 0.1) is 18.3 Å². The maximum atomic E-state index is 13.0. The number of ether oxygens (including phenoxy) is 1. The van der Waals surface area contributed by atoms with Crippen molar-refractivity contribution in [1.29, 1.82) is 5.26 Å². The van der Waals surface area contributed by atoms with Crippen LogP contribution in [0.3, 0.4) is 0 Å². The number of nitriles is 1. The Balaban J connectivity index is 1.50. The quantitative estimate of drug-likeness (QED) is 0.320. The lowest BCUT2D eigenvalue weighted by molar-refractivity contribution is -0.112. The van der Waals surface area contributed by atoms with Crippen LogP contribution in [-0.2, 0) is 18.4 Å². The van der Waals surface area contributed by atoms with Crippen LogP contribution in [-0.4, -0.2) is 15.3 Å². The van der Waals surface area contributed by atoms with Crippen molar-refractivity contribution < 1.29 is 9.53 Å². The summed E-state index contributed by atoms with van der Waals surface area (Å²) < 4.78 is 8.91. The van der Waals surface area contributed by atoms with Gasteiger partial charge >= 0.3 is 0 Å². The zero-order chi connectivity index (χ0) is 24.8. The molecule has 0 aliphatic carbocycles. The maximum Gasteiger partial charge on any atom is 0.295 e. The SMILES string of the molecule is Cc1c(NC(=O)/C(C#N)=C\c2ccc(OCc3ccccc3)cc2)c(=O)n(-c2ccccc2)n1C. The summed E-state index contributed by atoms with van der Waals surface area (Å²) in [6, 6.07) is 28.0. The predicted molar refractivity (Wildman–Crippen MR) is 135 cm³/mol. The van der Waals surface area contributed by atoms with E-state index in [9.17, 15) is 14.9 Å². The van der Waals surface area contributed by atoms with E-state index in [2.05, 4.69) is 5.32 Å². The van der Waals surface area contributed by atoms with E-state index in [1.807, 2.05) is 54.6 Å². The molecule has 7 nitrogen and oxygen atoms in total. The molecule has 7 heteroatoms. The van der Waals surface area contributed by atoms with Gasteiger partial charge in [0.2, 0.25) is 0 Å². The van der Waals surface area contributed by atoms with E-state index in [4.69, 9.17) is 4.74 Å². The molecule has 3 aromatic carbocycles.